The molecule has 0 radical (unpaired) electrons. The molecule has 2 aromatic rings. The van der Waals surface area contributed by atoms with Crippen LogP contribution in [0.2, 0.25) is 0 Å². The van der Waals surface area contributed by atoms with Gasteiger partial charge in [0.25, 0.3) is 0 Å². The number of nitrogens with zero attached hydrogens (tertiary/aromatic N) is 2. The molecule has 25 heavy (non-hydrogen) atoms. The van der Waals surface area contributed by atoms with E-state index < -0.39 is 10.0 Å². The zero-order valence-corrected chi connectivity index (χ0v) is 16.6. The van der Waals surface area contributed by atoms with Gasteiger partial charge in [0.1, 0.15) is 4.34 Å². The number of hydrogen-bond donors (Lipinski definition) is 0. The second-order valence-electron chi connectivity index (χ2n) is 6.17. The fraction of sp³-hybridized carbons (Fsp3) is 0.389. The molecule has 2 heterocycles. The summed E-state index contributed by atoms with van der Waals surface area (Å²) in [6.45, 7) is 3.21. The Balaban J connectivity index is 1.50. The van der Waals surface area contributed by atoms with Gasteiger partial charge in [0.05, 0.1) is 0 Å². The Bertz CT molecular complexity index is 808. The van der Waals surface area contributed by atoms with Gasteiger partial charge < -0.3 is 0 Å². The molecule has 7 heteroatoms. The molecule has 0 spiro atoms. The quantitative estimate of drug-likeness (QED) is 0.687. The van der Waals surface area contributed by atoms with Crippen LogP contribution in [0.3, 0.4) is 0 Å². The molecule has 1 aliphatic rings. The first-order valence-electron chi connectivity index (χ1n) is 8.31. The number of thiazole rings is 1. The lowest BCUT2D eigenvalue weighted by atomic mass is 10.0. The number of aryl methyl sites for hydroxylation is 1. The number of thioether (sulfide) groups is 1. The van der Waals surface area contributed by atoms with Crippen molar-refractivity contribution in [3.63, 3.8) is 0 Å². The van der Waals surface area contributed by atoms with Crippen molar-refractivity contribution < 1.29 is 8.42 Å². The van der Waals surface area contributed by atoms with Crippen LogP contribution in [0, 0.1) is 12.8 Å². The summed E-state index contributed by atoms with van der Waals surface area (Å²) >= 11 is 3.47. The number of sulfonamides is 1. The summed E-state index contributed by atoms with van der Waals surface area (Å²) in [7, 11) is -3.33. The number of aromatic nitrogens is 1. The average molecular weight is 395 g/mol. The summed E-state index contributed by atoms with van der Waals surface area (Å²) in [6, 6.07) is 9.52. The molecule has 0 unspecified atom stereocenters. The highest BCUT2D eigenvalue weighted by molar-refractivity contribution is 8.01. The summed E-state index contributed by atoms with van der Waals surface area (Å²) in [5, 5.41) is 3.40. The molecule has 4 nitrogen and oxygen atoms in total. The molecule has 0 N–H and O–H groups in total. The lowest BCUT2D eigenvalue weighted by molar-refractivity contribution is 0.293. The molecule has 0 bridgehead atoms. The van der Waals surface area contributed by atoms with Crippen molar-refractivity contribution in [1.82, 2.24) is 9.29 Å². The molecule has 1 aromatic heterocycles. The van der Waals surface area contributed by atoms with Gasteiger partial charge in [-0.3, -0.25) is 0 Å². The van der Waals surface area contributed by atoms with Gasteiger partial charge in [-0.05, 0) is 37.3 Å². The Labute approximate surface area is 158 Å². The second kappa shape index (κ2) is 8.49. The van der Waals surface area contributed by atoms with Gasteiger partial charge >= 0.3 is 0 Å². The minimum Gasteiger partial charge on any atom is -0.235 e. The fourth-order valence-electron chi connectivity index (χ4n) is 2.73. The highest BCUT2D eigenvalue weighted by atomic mass is 32.2. The molecule has 3 rings (SSSR count). The first-order chi connectivity index (χ1) is 12.0. The summed E-state index contributed by atoms with van der Waals surface area (Å²) in [6.07, 6.45) is 3.49. The molecule has 0 amide bonds. The lowest BCUT2D eigenvalue weighted by Crippen LogP contribution is -2.37. The maximum absolute atomic E-state index is 12.5. The van der Waals surface area contributed by atoms with Gasteiger partial charge in [-0.2, -0.15) is 4.31 Å². The van der Waals surface area contributed by atoms with Crippen LogP contribution in [-0.4, -0.2) is 36.5 Å². The maximum atomic E-state index is 12.5. The molecule has 1 fully saturated rings. The van der Waals surface area contributed by atoms with E-state index in [2.05, 4.69) is 10.4 Å². The van der Waals surface area contributed by atoms with E-state index in [-0.39, 0.29) is 0 Å². The van der Waals surface area contributed by atoms with E-state index in [0.29, 0.717) is 19.0 Å². The first kappa shape index (κ1) is 18.6. The molecular weight excluding hydrogens is 372 g/mol. The zero-order chi connectivity index (χ0) is 17.7. The molecule has 134 valence electrons. The third kappa shape index (κ3) is 5.41. The standard InChI is InChI=1S/C18H22N2O2S3/c1-15-13-23-18(19-15)24-14-17-7-10-20(11-8-17)25(21,22)12-9-16-5-3-2-4-6-16/h2-6,9,12-13,17H,7-8,10-11,14H2,1H3. The molecule has 0 atom stereocenters. The Morgan fingerprint density at radius 3 is 2.64 bits per heavy atom. The summed E-state index contributed by atoms with van der Waals surface area (Å²) in [5.41, 5.74) is 1.97. The lowest BCUT2D eigenvalue weighted by Gasteiger charge is -2.30. The number of rotatable bonds is 6. The predicted molar refractivity (Wildman–Crippen MR) is 106 cm³/mol. The third-order valence-corrected chi connectivity index (χ3v) is 8.14. The van der Waals surface area contributed by atoms with Gasteiger partial charge in [0.15, 0.2) is 0 Å². The van der Waals surface area contributed by atoms with Crippen molar-refractivity contribution in [3.8, 4) is 0 Å². The van der Waals surface area contributed by atoms with Crippen LogP contribution in [0.25, 0.3) is 6.08 Å². The van der Waals surface area contributed by atoms with Gasteiger partial charge in [0, 0.05) is 35.3 Å². The Kier molecular flexibility index (Phi) is 6.33. The van der Waals surface area contributed by atoms with E-state index in [1.165, 1.54) is 5.41 Å². The summed E-state index contributed by atoms with van der Waals surface area (Å²) in [4.78, 5) is 4.47. The minimum atomic E-state index is -3.33. The third-order valence-electron chi connectivity index (χ3n) is 4.21. The van der Waals surface area contributed by atoms with Crippen molar-refractivity contribution in [2.45, 2.75) is 24.1 Å². The minimum absolute atomic E-state index is 0.554. The van der Waals surface area contributed by atoms with Crippen LogP contribution in [0.15, 0.2) is 45.5 Å². The molecule has 0 aliphatic carbocycles. The monoisotopic (exact) mass is 394 g/mol. The van der Waals surface area contributed by atoms with Crippen molar-refractivity contribution >= 4 is 39.2 Å². The average Bonchev–Trinajstić information content (AvgIpc) is 3.05. The van der Waals surface area contributed by atoms with Gasteiger partial charge in [-0.15, -0.1) is 11.3 Å². The number of piperidine rings is 1. The summed E-state index contributed by atoms with van der Waals surface area (Å²) in [5.74, 6) is 1.57. The molecule has 0 saturated carbocycles. The largest absolute Gasteiger partial charge is 0.236 e. The second-order valence-corrected chi connectivity index (χ2v) is 10.1. The summed E-state index contributed by atoms with van der Waals surface area (Å²) < 4.78 is 27.7. The normalized spacial score (nSPS) is 17.3. The van der Waals surface area contributed by atoms with Crippen LogP contribution in [0.4, 0.5) is 0 Å². The van der Waals surface area contributed by atoms with Crippen molar-refractivity contribution in [2.24, 2.45) is 5.92 Å². The van der Waals surface area contributed by atoms with Crippen molar-refractivity contribution in [2.75, 3.05) is 18.8 Å². The van der Waals surface area contributed by atoms with Gasteiger partial charge in [-0.25, -0.2) is 13.4 Å². The van der Waals surface area contributed by atoms with E-state index in [1.54, 1.807) is 33.5 Å². The highest BCUT2D eigenvalue weighted by Crippen LogP contribution is 2.29. The Morgan fingerprint density at radius 1 is 1.28 bits per heavy atom. The van der Waals surface area contributed by atoms with Crippen LogP contribution in [-0.2, 0) is 10.0 Å². The van der Waals surface area contributed by atoms with Crippen LogP contribution >= 0.6 is 23.1 Å². The van der Waals surface area contributed by atoms with Crippen LogP contribution < -0.4 is 0 Å². The molecular formula is C18H22N2O2S3. The van der Waals surface area contributed by atoms with E-state index in [0.717, 1.165) is 34.2 Å². The SMILES string of the molecule is Cc1csc(SCC2CCN(S(=O)(=O)C=Cc3ccccc3)CC2)n1. The van der Waals surface area contributed by atoms with Crippen molar-refractivity contribution in [1.29, 1.82) is 0 Å². The maximum Gasteiger partial charge on any atom is 0.236 e. The molecule has 1 saturated heterocycles. The smallest absolute Gasteiger partial charge is 0.235 e. The van der Waals surface area contributed by atoms with Crippen LogP contribution in [0.5, 0.6) is 0 Å². The van der Waals surface area contributed by atoms with Gasteiger partial charge in [0.2, 0.25) is 10.0 Å². The zero-order valence-electron chi connectivity index (χ0n) is 14.2. The van der Waals surface area contributed by atoms with E-state index in [9.17, 15) is 8.42 Å². The van der Waals surface area contributed by atoms with E-state index in [1.807, 2.05) is 37.3 Å². The molecule has 1 aliphatic heterocycles. The van der Waals surface area contributed by atoms with Crippen LogP contribution in [0.1, 0.15) is 24.1 Å². The highest BCUT2D eigenvalue weighted by Gasteiger charge is 2.26. The predicted octanol–water partition coefficient (Wildman–Crippen LogP) is 4.26. The van der Waals surface area contributed by atoms with E-state index >= 15 is 0 Å². The number of benzene rings is 1. The Morgan fingerprint density at radius 2 is 2.00 bits per heavy atom. The topological polar surface area (TPSA) is 50.3 Å². The molecule has 1 aromatic carbocycles. The van der Waals surface area contributed by atoms with Crippen molar-refractivity contribution in [3.05, 3.63) is 52.4 Å². The Hall–Kier alpha value is -1.15. The first-order valence-corrected chi connectivity index (χ1v) is 11.7. The fourth-order valence-corrected chi connectivity index (χ4v) is 6.02. The number of hydrogen-bond acceptors (Lipinski definition) is 5. The van der Waals surface area contributed by atoms with E-state index in [4.69, 9.17) is 0 Å². The van der Waals surface area contributed by atoms with Gasteiger partial charge in [-0.1, -0.05) is 42.1 Å².